The Morgan fingerprint density at radius 1 is 1.22 bits per heavy atom. The molecule has 0 unspecified atom stereocenters. The van der Waals surface area contributed by atoms with Crippen LogP contribution in [0.15, 0.2) is 30.5 Å². The van der Waals surface area contributed by atoms with Gasteiger partial charge in [-0.2, -0.15) is 0 Å². The molecule has 0 aliphatic carbocycles. The fraction of sp³-hybridized carbons (Fsp3) is 0.154. The smallest absolute Gasteiger partial charge is 0.122 e. The molecule has 0 saturated carbocycles. The molecule has 3 N–H and O–H groups in total. The van der Waals surface area contributed by atoms with E-state index in [0.717, 1.165) is 22.8 Å². The topological polar surface area (TPSA) is 63.8 Å². The molecule has 0 saturated heterocycles. The van der Waals surface area contributed by atoms with Gasteiger partial charge in [0, 0.05) is 5.69 Å². The van der Waals surface area contributed by atoms with E-state index in [1.807, 2.05) is 32.0 Å². The van der Waals surface area contributed by atoms with Crippen molar-refractivity contribution in [2.45, 2.75) is 13.8 Å². The van der Waals surface area contributed by atoms with Crippen LogP contribution in [-0.2, 0) is 0 Å². The molecular formula is C13H14N4S. The number of hydrogen-bond acceptors (Lipinski definition) is 4. The number of hydrogen-bond donors (Lipinski definition) is 2. The van der Waals surface area contributed by atoms with Gasteiger partial charge in [-0.1, -0.05) is 12.2 Å². The lowest BCUT2D eigenvalue weighted by Gasteiger charge is -2.09. The highest BCUT2D eigenvalue weighted by Crippen LogP contribution is 2.18. The minimum Gasteiger partial charge on any atom is -0.388 e. The van der Waals surface area contributed by atoms with Crippen LogP contribution in [0, 0.1) is 13.8 Å². The zero-order chi connectivity index (χ0) is 13.1. The summed E-state index contributed by atoms with van der Waals surface area (Å²) in [4.78, 5) is 8.86. The summed E-state index contributed by atoms with van der Waals surface area (Å²) in [6, 6.07) is 7.65. The van der Waals surface area contributed by atoms with E-state index in [1.54, 1.807) is 12.3 Å². The van der Waals surface area contributed by atoms with Crippen molar-refractivity contribution in [2.24, 2.45) is 5.73 Å². The van der Waals surface area contributed by atoms with Gasteiger partial charge in [-0.05, 0) is 38.1 Å². The molecule has 92 valence electrons. The second-order valence-corrected chi connectivity index (χ2v) is 4.45. The number of anilines is 2. The van der Waals surface area contributed by atoms with Gasteiger partial charge < -0.3 is 11.1 Å². The highest BCUT2D eigenvalue weighted by atomic mass is 32.1. The maximum Gasteiger partial charge on any atom is 0.122 e. The van der Waals surface area contributed by atoms with E-state index in [9.17, 15) is 0 Å². The van der Waals surface area contributed by atoms with Gasteiger partial charge in [-0.25, -0.2) is 0 Å². The van der Waals surface area contributed by atoms with Crippen LogP contribution in [0.4, 0.5) is 11.4 Å². The van der Waals surface area contributed by atoms with Crippen molar-refractivity contribution in [3.05, 3.63) is 47.5 Å². The zero-order valence-corrected chi connectivity index (χ0v) is 11.1. The van der Waals surface area contributed by atoms with Crippen LogP contribution in [0.3, 0.4) is 0 Å². The predicted molar refractivity (Wildman–Crippen MR) is 77.1 cm³/mol. The Kier molecular flexibility index (Phi) is 3.53. The molecule has 5 heteroatoms. The summed E-state index contributed by atoms with van der Waals surface area (Å²) in [6.45, 7) is 3.93. The summed E-state index contributed by atoms with van der Waals surface area (Å²) in [5.74, 6) is 0. The Balaban J connectivity index is 2.21. The van der Waals surface area contributed by atoms with Crippen molar-refractivity contribution in [2.75, 3.05) is 5.32 Å². The number of nitrogens with two attached hydrogens (primary N) is 1. The first-order chi connectivity index (χ1) is 8.56. The summed E-state index contributed by atoms with van der Waals surface area (Å²) in [5.41, 5.74) is 9.91. The van der Waals surface area contributed by atoms with Crippen LogP contribution in [-0.4, -0.2) is 15.0 Å². The molecule has 2 aromatic heterocycles. The number of rotatable bonds is 3. The molecule has 4 nitrogen and oxygen atoms in total. The fourth-order valence-electron chi connectivity index (χ4n) is 1.59. The van der Waals surface area contributed by atoms with Gasteiger partial charge in [0.1, 0.15) is 4.99 Å². The lowest BCUT2D eigenvalue weighted by molar-refractivity contribution is 1.12. The molecule has 0 radical (unpaired) electrons. The maximum absolute atomic E-state index is 5.50. The molecule has 2 rings (SSSR count). The minimum absolute atomic E-state index is 0.301. The molecule has 0 aromatic carbocycles. The highest BCUT2D eigenvalue weighted by molar-refractivity contribution is 7.80. The number of aromatic nitrogens is 2. The van der Waals surface area contributed by atoms with Gasteiger partial charge in [0.25, 0.3) is 0 Å². The van der Waals surface area contributed by atoms with Crippen molar-refractivity contribution in [1.82, 2.24) is 9.97 Å². The second kappa shape index (κ2) is 5.10. The molecular weight excluding hydrogens is 244 g/mol. The summed E-state index contributed by atoms with van der Waals surface area (Å²) >= 11 is 4.86. The van der Waals surface area contributed by atoms with Gasteiger partial charge in [0.2, 0.25) is 0 Å². The Hall–Kier alpha value is -2.01. The largest absolute Gasteiger partial charge is 0.388 e. The van der Waals surface area contributed by atoms with Gasteiger partial charge >= 0.3 is 0 Å². The summed E-state index contributed by atoms with van der Waals surface area (Å²) in [7, 11) is 0. The van der Waals surface area contributed by atoms with E-state index < -0.39 is 0 Å². The number of nitrogens with one attached hydrogen (secondary N) is 1. The Morgan fingerprint density at radius 2 is 2.00 bits per heavy atom. The molecule has 18 heavy (non-hydrogen) atoms. The molecule has 0 fully saturated rings. The van der Waals surface area contributed by atoms with E-state index in [1.165, 1.54) is 0 Å². The Morgan fingerprint density at radius 3 is 2.56 bits per heavy atom. The molecule has 0 aliphatic rings. The third-order valence-corrected chi connectivity index (χ3v) is 2.73. The van der Waals surface area contributed by atoms with Crippen LogP contribution in [0.25, 0.3) is 0 Å². The summed E-state index contributed by atoms with van der Waals surface area (Å²) in [5, 5.41) is 3.26. The molecule has 2 aromatic rings. The summed E-state index contributed by atoms with van der Waals surface area (Å²) in [6.07, 6.45) is 1.70. The molecule has 0 spiro atoms. The second-order valence-electron chi connectivity index (χ2n) is 4.01. The van der Waals surface area contributed by atoms with E-state index >= 15 is 0 Å². The number of aryl methyl sites for hydroxylation is 2. The van der Waals surface area contributed by atoms with E-state index in [4.69, 9.17) is 18.0 Å². The zero-order valence-electron chi connectivity index (χ0n) is 10.3. The van der Waals surface area contributed by atoms with Crippen molar-refractivity contribution >= 4 is 28.6 Å². The SMILES string of the molecule is Cc1ccc(Nc2ccc(C(N)=S)nc2)c(C)n1. The van der Waals surface area contributed by atoms with Crippen molar-refractivity contribution in [3.63, 3.8) is 0 Å². The van der Waals surface area contributed by atoms with Crippen LogP contribution in [0.1, 0.15) is 17.1 Å². The van der Waals surface area contributed by atoms with Crippen LogP contribution < -0.4 is 11.1 Å². The Bertz CT molecular complexity index is 578. The average Bonchev–Trinajstić information content (AvgIpc) is 2.33. The van der Waals surface area contributed by atoms with Gasteiger partial charge in [-0.15, -0.1) is 0 Å². The number of nitrogens with zero attached hydrogens (tertiary/aromatic N) is 2. The molecule has 0 amide bonds. The third kappa shape index (κ3) is 2.81. The lowest BCUT2D eigenvalue weighted by Crippen LogP contribution is -2.11. The van der Waals surface area contributed by atoms with Gasteiger partial charge in [0.15, 0.2) is 0 Å². The highest BCUT2D eigenvalue weighted by Gasteiger charge is 2.02. The fourth-order valence-corrected chi connectivity index (χ4v) is 1.71. The normalized spacial score (nSPS) is 10.1. The molecule has 0 aliphatic heterocycles. The van der Waals surface area contributed by atoms with Crippen molar-refractivity contribution in [3.8, 4) is 0 Å². The van der Waals surface area contributed by atoms with Gasteiger partial charge in [0.05, 0.1) is 29.0 Å². The van der Waals surface area contributed by atoms with Crippen LogP contribution in [0.2, 0.25) is 0 Å². The standard InChI is InChI=1S/C13H14N4S/c1-8-3-5-11(9(2)16-8)17-10-4-6-12(13(14)18)15-7-10/h3-7,17H,1-2H3,(H2,14,18). The predicted octanol–water partition coefficient (Wildman–Crippen LogP) is 2.47. The average molecular weight is 258 g/mol. The molecule has 0 bridgehead atoms. The minimum atomic E-state index is 0.301. The molecule has 0 atom stereocenters. The van der Waals surface area contributed by atoms with Crippen LogP contribution >= 0.6 is 12.2 Å². The van der Waals surface area contributed by atoms with Crippen LogP contribution in [0.5, 0.6) is 0 Å². The molecule has 2 heterocycles. The van der Waals surface area contributed by atoms with E-state index in [-0.39, 0.29) is 0 Å². The first-order valence-electron chi connectivity index (χ1n) is 5.53. The van der Waals surface area contributed by atoms with E-state index in [2.05, 4.69) is 15.3 Å². The Labute approximate surface area is 111 Å². The van der Waals surface area contributed by atoms with Crippen molar-refractivity contribution in [1.29, 1.82) is 0 Å². The number of thiocarbonyl (C=S) groups is 1. The number of pyridine rings is 2. The third-order valence-electron chi connectivity index (χ3n) is 2.52. The van der Waals surface area contributed by atoms with Gasteiger partial charge in [-0.3, -0.25) is 9.97 Å². The van der Waals surface area contributed by atoms with E-state index in [0.29, 0.717) is 10.7 Å². The summed E-state index contributed by atoms with van der Waals surface area (Å²) < 4.78 is 0. The monoisotopic (exact) mass is 258 g/mol. The first kappa shape index (κ1) is 12.4. The first-order valence-corrected chi connectivity index (χ1v) is 5.94. The quantitative estimate of drug-likeness (QED) is 0.828. The lowest BCUT2D eigenvalue weighted by atomic mass is 10.2. The maximum atomic E-state index is 5.50. The van der Waals surface area contributed by atoms with Crippen molar-refractivity contribution < 1.29 is 0 Å².